The van der Waals surface area contributed by atoms with Crippen LogP contribution in [0.15, 0.2) is 46.4 Å². The maximum atomic E-state index is 11.0. The van der Waals surface area contributed by atoms with Gasteiger partial charge in [-0.25, -0.2) is 4.98 Å². The third kappa shape index (κ3) is 2.88. The summed E-state index contributed by atoms with van der Waals surface area (Å²) in [5.74, 6) is 0.591. The van der Waals surface area contributed by atoms with Gasteiger partial charge in [-0.2, -0.15) is 0 Å². The second-order valence-electron chi connectivity index (χ2n) is 4.26. The van der Waals surface area contributed by atoms with Gasteiger partial charge in [-0.1, -0.05) is 0 Å². The van der Waals surface area contributed by atoms with Gasteiger partial charge in [0.1, 0.15) is 12.4 Å². The van der Waals surface area contributed by atoms with Gasteiger partial charge in [0.05, 0.1) is 4.92 Å². The van der Waals surface area contributed by atoms with E-state index in [9.17, 15) is 10.1 Å². The van der Waals surface area contributed by atoms with Crippen LogP contribution in [-0.2, 0) is 6.61 Å². The van der Waals surface area contributed by atoms with Crippen LogP contribution in [0.25, 0.3) is 10.9 Å². The van der Waals surface area contributed by atoms with E-state index >= 15 is 0 Å². The normalized spacial score (nSPS) is 10.7. The van der Waals surface area contributed by atoms with E-state index in [4.69, 9.17) is 4.74 Å². The molecule has 0 aliphatic carbocycles. The molecule has 0 aliphatic heterocycles. The standard InChI is InChI=1S/C14H9BrN2O3S/c15-9-6-10(21-8-9)7-20-13-4-3-12(17(18)19)14-11(13)2-1-5-16-14/h1-6,8H,7H2. The van der Waals surface area contributed by atoms with Gasteiger partial charge in [-0.3, -0.25) is 10.1 Å². The number of nitro groups is 1. The minimum Gasteiger partial charge on any atom is -0.487 e. The summed E-state index contributed by atoms with van der Waals surface area (Å²) in [5, 5.41) is 13.7. The Bertz CT molecular complexity index is 819. The Morgan fingerprint density at radius 1 is 1.38 bits per heavy atom. The lowest BCUT2D eigenvalue weighted by molar-refractivity contribution is -0.383. The SMILES string of the molecule is O=[N+]([O-])c1ccc(OCc2cc(Br)cs2)c2cccnc12. The van der Waals surface area contributed by atoms with Crippen LogP contribution in [0.1, 0.15) is 4.88 Å². The van der Waals surface area contributed by atoms with E-state index in [1.165, 1.54) is 12.3 Å². The van der Waals surface area contributed by atoms with Crippen LogP contribution in [-0.4, -0.2) is 9.91 Å². The molecule has 5 nitrogen and oxygen atoms in total. The second-order valence-corrected chi connectivity index (χ2v) is 6.17. The number of nitro benzene ring substituents is 1. The summed E-state index contributed by atoms with van der Waals surface area (Å²) in [6.45, 7) is 0.415. The summed E-state index contributed by atoms with van der Waals surface area (Å²) in [5.41, 5.74) is 0.323. The van der Waals surface area contributed by atoms with Crippen LogP contribution < -0.4 is 4.74 Å². The highest BCUT2D eigenvalue weighted by Gasteiger charge is 2.16. The van der Waals surface area contributed by atoms with Crippen LogP contribution in [0.5, 0.6) is 5.75 Å². The van der Waals surface area contributed by atoms with E-state index in [2.05, 4.69) is 20.9 Å². The minimum absolute atomic E-state index is 0.0168. The van der Waals surface area contributed by atoms with Crippen molar-refractivity contribution in [1.29, 1.82) is 0 Å². The monoisotopic (exact) mass is 364 g/mol. The number of halogens is 1. The van der Waals surface area contributed by atoms with E-state index in [0.29, 0.717) is 23.3 Å². The molecule has 1 aromatic carbocycles. The molecule has 0 spiro atoms. The van der Waals surface area contributed by atoms with Gasteiger partial charge in [0.15, 0.2) is 5.52 Å². The Morgan fingerprint density at radius 3 is 2.95 bits per heavy atom. The summed E-state index contributed by atoms with van der Waals surface area (Å²) in [6, 6.07) is 8.53. The third-order valence-electron chi connectivity index (χ3n) is 2.90. The first-order valence-electron chi connectivity index (χ1n) is 6.03. The van der Waals surface area contributed by atoms with Crippen LogP contribution >= 0.6 is 27.3 Å². The first kappa shape index (κ1) is 14.0. The van der Waals surface area contributed by atoms with Gasteiger partial charge in [0.25, 0.3) is 5.69 Å². The lowest BCUT2D eigenvalue weighted by Gasteiger charge is -2.08. The summed E-state index contributed by atoms with van der Waals surface area (Å²) in [7, 11) is 0. The molecule has 0 unspecified atom stereocenters. The van der Waals surface area contributed by atoms with Crippen molar-refractivity contribution >= 4 is 43.9 Å². The number of rotatable bonds is 4. The Kier molecular flexibility index (Phi) is 3.85. The first-order valence-corrected chi connectivity index (χ1v) is 7.70. The van der Waals surface area contributed by atoms with Crippen LogP contribution in [0.4, 0.5) is 5.69 Å². The van der Waals surface area contributed by atoms with Gasteiger partial charge >= 0.3 is 0 Å². The molecule has 0 N–H and O–H groups in total. The molecule has 3 aromatic rings. The Hall–Kier alpha value is -1.99. The highest BCUT2D eigenvalue weighted by atomic mass is 79.9. The highest BCUT2D eigenvalue weighted by molar-refractivity contribution is 9.10. The number of non-ortho nitro benzene ring substituents is 1. The predicted molar refractivity (Wildman–Crippen MR) is 84.7 cm³/mol. The largest absolute Gasteiger partial charge is 0.487 e. The molecule has 0 radical (unpaired) electrons. The van der Waals surface area contributed by atoms with Crippen molar-refractivity contribution in [3.8, 4) is 5.75 Å². The number of ether oxygens (including phenoxy) is 1. The number of pyridine rings is 1. The number of benzene rings is 1. The molecule has 0 saturated carbocycles. The first-order chi connectivity index (χ1) is 10.1. The summed E-state index contributed by atoms with van der Waals surface area (Å²) in [4.78, 5) is 15.8. The van der Waals surface area contributed by atoms with Crippen molar-refractivity contribution in [2.45, 2.75) is 6.61 Å². The maximum Gasteiger partial charge on any atom is 0.295 e. The molecule has 0 bridgehead atoms. The zero-order valence-corrected chi connectivity index (χ0v) is 13.1. The zero-order valence-electron chi connectivity index (χ0n) is 10.7. The topological polar surface area (TPSA) is 65.3 Å². The molecule has 0 atom stereocenters. The minimum atomic E-state index is -0.435. The Labute approximate surface area is 132 Å². The number of fused-ring (bicyclic) bond motifs is 1. The smallest absolute Gasteiger partial charge is 0.295 e. The molecule has 0 aliphatic rings. The molecule has 106 valence electrons. The molecule has 21 heavy (non-hydrogen) atoms. The molecule has 0 fully saturated rings. The van der Waals surface area contributed by atoms with E-state index < -0.39 is 4.92 Å². The molecule has 2 aromatic heterocycles. The average Bonchev–Trinajstić information content (AvgIpc) is 2.90. The van der Waals surface area contributed by atoms with E-state index in [1.54, 1.807) is 29.5 Å². The molecule has 2 heterocycles. The summed E-state index contributed by atoms with van der Waals surface area (Å²) >= 11 is 4.98. The number of hydrogen-bond acceptors (Lipinski definition) is 5. The average molecular weight is 365 g/mol. The zero-order chi connectivity index (χ0) is 14.8. The molecule has 0 amide bonds. The van der Waals surface area contributed by atoms with Gasteiger partial charge in [0.2, 0.25) is 0 Å². The quantitative estimate of drug-likeness (QED) is 0.503. The molecular weight excluding hydrogens is 356 g/mol. The van der Waals surface area contributed by atoms with Crippen molar-refractivity contribution in [3.05, 3.63) is 61.4 Å². The fraction of sp³-hybridized carbons (Fsp3) is 0.0714. The lowest BCUT2D eigenvalue weighted by Crippen LogP contribution is -1.97. The fourth-order valence-electron chi connectivity index (χ4n) is 1.98. The van der Waals surface area contributed by atoms with Crippen LogP contribution in [0, 0.1) is 10.1 Å². The van der Waals surface area contributed by atoms with E-state index in [1.807, 2.05) is 11.4 Å². The molecule has 0 saturated heterocycles. The number of hydrogen-bond donors (Lipinski definition) is 0. The summed E-state index contributed by atoms with van der Waals surface area (Å²) < 4.78 is 6.80. The second kappa shape index (κ2) is 5.79. The molecular formula is C14H9BrN2O3S. The number of aromatic nitrogens is 1. The van der Waals surface area contributed by atoms with Crippen molar-refractivity contribution in [2.24, 2.45) is 0 Å². The van der Waals surface area contributed by atoms with Gasteiger partial charge in [-0.05, 0) is 40.2 Å². The van der Waals surface area contributed by atoms with E-state index in [0.717, 1.165) is 9.35 Å². The predicted octanol–water partition coefficient (Wildman–Crippen LogP) is 4.55. The number of nitrogens with zero attached hydrogens (tertiary/aromatic N) is 2. The Morgan fingerprint density at radius 2 is 2.24 bits per heavy atom. The maximum absolute atomic E-state index is 11.0. The fourth-order valence-corrected chi connectivity index (χ4v) is 3.35. The molecule has 3 rings (SSSR count). The summed E-state index contributed by atoms with van der Waals surface area (Å²) in [6.07, 6.45) is 1.54. The van der Waals surface area contributed by atoms with Crippen molar-refractivity contribution in [3.63, 3.8) is 0 Å². The van der Waals surface area contributed by atoms with Gasteiger partial charge in [0, 0.05) is 32.4 Å². The van der Waals surface area contributed by atoms with Gasteiger partial charge < -0.3 is 4.74 Å². The van der Waals surface area contributed by atoms with Gasteiger partial charge in [-0.15, -0.1) is 11.3 Å². The van der Waals surface area contributed by atoms with E-state index in [-0.39, 0.29) is 5.69 Å². The van der Waals surface area contributed by atoms with Crippen LogP contribution in [0.2, 0.25) is 0 Å². The van der Waals surface area contributed by atoms with Crippen LogP contribution in [0.3, 0.4) is 0 Å². The Balaban J connectivity index is 1.96. The highest BCUT2D eigenvalue weighted by Crippen LogP contribution is 2.32. The third-order valence-corrected chi connectivity index (χ3v) is 4.57. The van der Waals surface area contributed by atoms with Crippen molar-refractivity contribution in [2.75, 3.05) is 0 Å². The van der Waals surface area contributed by atoms with Crippen molar-refractivity contribution in [1.82, 2.24) is 4.98 Å². The lowest BCUT2D eigenvalue weighted by atomic mass is 10.1. The number of thiophene rings is 1. The molecule has 7 heteroatoms. The van der Waals surface area contributed by atoms with Crippen molar-refractivity contribution < 1.29 is 9.66 Å².